The maximum absolute atomic E-state index is 13.6. The normalized spacial score (nSPS) is 19.3. The van der Waals surface area contributed by atoms with E-state index in [0.29, 0.717) is 30.7 Å². The molecule has 4 heterocycles. The quantitative estimate of drug-likeness (QED) is 0.482. The van der Waals surface area contributed by atoms with E-state index in [-0.39, 0.29) is 42.5 Å². The summed E-state index contributed by atoms with van der Waals surface area (Å²) < 4.78 is 0. The number of fused-ring (bicyclic) bond motifs is 1. The van der Waals surface area contributed by atoms with Gasteiger partial charge < -0.3 is 15.1 Å². The Balaban J connectivity index is 1.26. The minimum atomic E-state index is -0.735. The van der Waals surface area contributed by atoms with E-state index in [1.807, 2.05) is 49.4 Å². The average molecular weight is 531 g/mol. The van der Waals surface area contributed by atoms with E-state index in [1.54, 1.807) is 34.3 Å². The summed E-state index contributed by atoms with van der Waals surface area (Å²) in [5.74, 6) is -0.834. The fourth-order valence-electron chi connectivity index (χ4n) is 5.36. The molecule has 0 bridgehead atoms. The second kappa shape index (κ2) is 11.3. The average Bonchev–Trinajstić information content (AvgIpc) is 3.67. The van der Waals surface area contributed by atoms with Crippen molar-refractivity contribution in [2.24, 2.45) is 0 Å². The van der Waals surface area contributed by atoms with Crippen molar-refractivity contribution >= 4 is 34.8 Å². The Morgan fingerprint density at radius 1 is 1.08 bits per heavy atom. The number of carbonyl (C=O) groups excluding carboxylic acids is 4. The maximum Gasteiger partial charge on any atom is 0.262 e. The number of ketones is 1. The van der Waals surface area contributed by atoms with E-state index in [0.717, 1.165) is 16.0 Å². The van der Waals surface area contributed by atoms with Gasteiger partial charge in [-0.1, -0.05) is 49.7 Å². The van der Waals surface area contributed by atoms with E-state index in [4.69, 9.17) is 0 Å². The Labute approximate surface area is 225 Å². The molecule has 38 heavy (non-hydrogen) atoms. The Hall–Kier alpha value is -3.85. The van der Waals surface area contributed by atoms with Gasteiger partial charge in [-0.2, -0.15) is 0 Å². The summed E-state index contributed by atoms with van der Waals surface area (Å²) in [5, 5.41) is 2.92. The number of pyridine rings is 1. The molecule has 1 N–H and O–H groups in total. The van der Waals surface area contributed by atoms with E-state index < -0.39 is 12.1 Å². The van der Waals surface area contributed by atoms with Crippen molar-refractivity contribution in [2.75, 3.05) is 13.1 Å². The molecule has 8 nitrogen and oxygen atoms in total. The van der Waals surface area contributed by atoms with Crippen molar-refractivity contribution in [3.05, 3.63) is 77.4 Å². The first kappa shape index (κ1) is 25.8. The zero-order chi connectivity index (χ0) is 26.6. The molecule has 2 aliphatic rings. The number of hydrogen-bond acceptors (Lipinski definition) is 6. The molecular formula is C29H30N4O4S. The van der Waals surface area contributed by atoms with Crippen LogP contribution in [0.4, 0.5) is 0 Å². The van der Waals surface area contributed by atoms with Crippen LogP contribution in [0.5, 0.6) is 0 Å². The number of benzene rings is 1. The first-order chi connectivity index (χ1) is 18.5. The monoisotopic (exact) mass is 530 g/mol. The topological polar surface area (TPSA) is 99.7 Å². The van der Waals surface area contributed by atoms with Crippen LogP contribution in [-0.2, 0) is 20.8 Å². The molecule has 0 spiro atoms. The first-order valence-electron chi connectivity index (χ1n) is 12.9. The summed E-state index contributed by atoms with van der Waals surface area (Å²) in [6, 6.07) is 15.4. The lowest BCUT2D eigenvalue weighted by Crippen LogP contribution is -2.52. The Morgan fingerprint density at radius 2 is 1.89 bits per heavy atom. The van der Waals surface area contributed by atoms with Crippen LogP contribution >= 0.6 is 11.3 Å². The van der Waals surface area contributed by atoms with Gasteiger partial charge in [0.05, 0.1) is 23.9 Å². The number of likely N-dealkylation sites (tertiary alicyclic amines) is 2. The van der Waals surface area contributed by atoms with Crippen LogP contribution in [0.1, 0.15) is 41.4 Å². The van der Waals surface area contributed by atoms with Crippen LogP contribution in [0, 0.1) is 0 Å². The van der Waals surface area contributed by atoms with Crippen LogP contribution in [0.15, 0.2) is 67.0 Å². The number of thiophene rings is 1. The fourth-order valence-corrected chi connectivity index (χ4v) is 6.28. The lowest BCUT2D eigenvalue weighted by molar-refractivity contribution is -0.138. The zero-order valence-electron chi connectivity index (χ0n) is 21.2. The Morgan fingerprint density at radius 3 is 2.63 bits per heavy atom. The van der Waals surface area contributed by atoms with Gasteiger partial charge in [0.2, 0.25) is 11.8 Å². The number of aromatic nitrogens is 1. The highest BCUT2D eigenvalue weighted by molar-refractivity contribution is 7.17. The minimum Gasteiger partial charge on any atom is -0.340 e. The predicted octanol–water partition coefficient (Wildman–Crippen LogP) is 3.33. The molecule has 0 aliphatic carbocycles. The van der Waals surface area contributed by atoms with Gasteiger partial charge in [0, 0.05) is 23.8 Å². The largest absolute Gasteiger partial charge is 0.340 e. The van der Waals surface area contributed by atoms with Gasteiger partial charge >= 0.3 is 0 Å². The molecule has 5 rings (SSSR count). The lowest BCUT2D eigenvalue weighted by Gasteiger charge is -2.28. The first-order valence-corrected chi connectivity index (χ1v) is 13.8. The molecule has 0 saturated carbocycles. The third-order valence-electron chi connectivity index (χ3n) is 7.17. The number of amides is 3. The fraction of sp³-hybridized carbons (Fsp3) is 0.345. The van der Waals surface area contributed by atoms with Gasteiger partial charge in [-0.25, -0.2) is 0 Å². The molecule has 3 unspecified atom stereocenters. The van der Waals surface area contributed by atoms with Crippen LogP contribution < -0.4 is 5.32 Å². The summed E-state index contributed by atoms with van der Waals surface area (Å²) in [4.78, 5) is 61.5. The summed E-state index contributed by atoms with van der Waals surface area (Å²) in [6.07, 6.45) is 5.16. The third kappa shape index (κ3) is 5.24. The van der Waals surface area contributed by atoms with Crippen LogP contribution in [0.3, 0.4) is 0 Å². The van der Waals surface area contributed by atoms with Gasteiger partial charge in [0.25, 0.3) is 5.91 Å². The SMILES string of the molecule is CCCC(NC(=O)c1ccc(-c2ccccc2)s1)C(=O)N1CCC2C1C(=O)CN2C(=O)Cc1cccnc1. The van der Waals surface area contributed by atoms with Gasteiger partial charge in [0.15, 0.2) is 5.78 Å². The number of hydrogen-bond donors (Lipinski definition) is 1. The number of nitrogens with one attached hydrogen (secondary N) is 1. The van der Waals surface area contributed by atoms with E-state index in [2.05, 4.69) is 10.3 Å². The van der Waals surface area contributed by atoms with E-state index >= 15 is 0 Å². The Kier molecular flexibility index (Phi) is 7.64. The number of carbonyl (C=O) groups is 4. The van der Waals surface area contributed by atoms with Crippen LogP contribution in [0.2, 0.25) is 0 Å². The van der Waals surface area contributed by atoms with Gasteiger partial charge in [-0.05, 0) is 42.2 Å². The number of nitrogens with zero attached hydrogens (tertiary/aromatic N) is 3. The number of rotatable bonds is 8. The van der Waals surface area contributed by atoms with Crippen molar-refractivity contribution in [1.82, 2.24) is 20.1 Å². The van der Waals surface area contributed by atoms with Crippen molar-refractivity contribution in [3.8, 4) is 10.4 Å². The summed E-state index contributed by atoms with van der Waals surface area (Å²) in [7, 11) is 0. The highest BCUT2D eigenvalue weighted by Gasteiger charge is 2.52. The molecule has 196 valence electrons. The second-order valence-electron chi connectivity index (χ2n) is 9.70. The highest BCUT2D eigenvalue weighted by atomic mass is 32.1. The van der Waals surface area contributed by atoms with Crippen LogP contribution in [0.25, 0.3) is 10.4 Å². The van der Waals surface area contributed by atoms with Gasteiger partial charge in [-0.3, -0.25) is 24.2 Å². The maximum atomic E-state index is 13.6. The molecule has 3 atom stereocenters. The van der Waals surface area contributed by atoms with E-state index in [9.17, 15) is 19.2 Å². The molecule has 9 heteroatoms. The highest BCUT2D eigenvalue weighted by Crippen LogP contribution is 2.32. The standard InChI is InChI=1S/C29H30N4O4S/c1-2-7-21(31-28(36)25-12-11-24(38-25)20-9-4-3-5-10-20)29(37)32-15-13-22-27(32)23(34)18-33(22)26(35)16-19-8-6-14-30-17-19/h3-6,8-12,14,17,21-22,27H,2,7,13,15-16,18H2,1H3,(H,31,36). The van der Waals surface area contributed by atoms with Crippen molar-refractivity contribution in [2.45, 2.75) is 50.7 Å². The smallest absolute Gasteiger partial charge is 0.262 e. The molecule has 3 aromatic rings. The molecule has 2 fully saturated rings. The molecule has 3 amide bonds. The Bertz CT molecular complexity index is 1330. The lowest BCUT2D eigenvalue weighted by atomic mass is 10.1. The molecule has 1 aromatic carbocycles. The van der Waals surface area contributed by atoms with Gasteiger partial charge in [0.1, 0.15) is 12.1 Å². The van der Waals surface area contributed by atoms with Crippen molar-refractivity contribution in [3.63, 3.8) is 0 Å². The predicted molar refractivity (Wildman–Crippen MR) is 144 cm³/mol. The van der Waals surface area contributed by atoms with Crippen molar-refractivity contribution < 1.29 is 19.2 Å². The van der Waals surface area contributed by atoms with Gasteiger partial charge in [-0.15, -0.1) is 11.3 Å². The zero-order valence-corrected chi connectivity index (χ0v) is 22.0. The number of Topliss-reactive ketones (excluding diaryl/α,β-unsaturated/α-hetero) is 1. The second-order valence-corrected chi connectivity index (χ2v) is 10.8. The summed E-state index contributed by atoms with van der Waals surface area (Å²) in [5.41, 5.74) is 1.82. The van der Waals surface area contributed by atoms with Crippen LogP contribution in [-0.4, -0.2) is 69.5 Å². The van der Waals surface area contributed by atoms with E-state index in [1.165, 1.54) is 11.3 Å². The summed E-state index contributed by atoms with van der Waals surface area (Å²) in [6.45, 7) is 2.34. The van der Waals surface area contributed by atoms with Crippen molar-refractivity contribution in [1.29, 1.82) is 0 Å². The molecular weight excluding hydrogens is 500 g/mol. The molecule has 2 aliphatic heterocycles. The molecule has 2 saturated heterocycles. The minimum absolute atomic E-state index is 0.000467. The third-order valence-corrected chi connectivity index (χ3v) is 8.31. The summed E-state index contributed by atoms with van der Waals surface area (Å²) >= 11 is 1.38. The molecule has 0 radical (unpaired) electrons. The molecule has 2 aromatic heterocycles.